The summed E-state index contributed by atoms with van der Waals surface area (Å²) in [5.41, 5.74) is 2.23. The highest BCUT2D eigenvalue weighted by Gasteiger charge is 2.20. The van der Waals surface area contributed by atoms with Gasteiger partial charge in [0.15, 0.2) is 0 Å². The largest absolute Gasteiger partial charge is 0.497 e. The summed E-state index contributed by atoms with van der Waals surface area (Å²) in [6.07, 6.45) is 0.785. The lowest BCUT2D eigenvalue weighted by Crippen LogP contribution is -2.29. The monoisotopic (exact) mass is 495 g/mol. The number of rotatable bonds is 9. The molecule has 2 aromatic carbocycles. The number of aryl methyl sites for hydroxylation is 1. The van der Waals surface area contributed by atoms with Crippen LogP contribution in [0.2, 0.25) is 0 Å². The Labute approximate surface area is 198 Å². The molecule has 0 heterocycles. The molecule has 0 aliphatic carbocycles. The number of hydrogen-bond acceptors (Lipinski definition) is 7. The lowest BCUT2D eigenvalue weighted by atomic mass is 10.1. The zero-order valence-corrected chi connectivity index (χ0v) is 20.2. The van der Waals surface area contributed by atoms with Crippen molar-refractivity contribution in [2.45, 2.75) is 18.2 Å². The molecule has 0 spiro atoms. The van der Waals surface area contributed by atoms with Crippen molar-refractivity contribution in [3.8, 4) is 5.75 Å². The highest BCUT2D eigenvalue weighted by Crippen LogP contribution is 2.22. The van der Waals surface area contributed by atoms with E-state index in [0.717, 1.165) is 22.0 Å². The van der Waals surface area contributed by atoms with E-state index >= 15 is 0 Å². The maximum atomic E-state index is 12.4. The van der Waals surface area contributed by atoms with Crippen molar-refractivity contribution in [2.24, 2.45) is 0 Å². The van der Waals surface area contributed by atoms with Crippen LogP contribution >= 0.6 is 0 Å². The van der Waals surface area contributed by atoms with Crippen LogP contribution in [0.1, 0.15) is 11.1 Å². The lowest BCUT2D eigenvalue weighted by Gasteiger charge is -2.15. The number of carbonyl (C=O) groups is 3. The van der Waals surface area contributed by atoms with Gasteiger partial charge in [-0.2, -0.15) is 0 Å². The topological polar surface area (TPSA) is 162 Å². The summed E-state index contributed by atoms with van der Waals surface area (Å²) in [6, 6.07) is 12.6. The van der Waals surface area contributed by atoms with E-state index in [0.29, 0.717) is 17.8 Å². The van der Waals surface area contributed by atoms with Gasteiger partial charge in [0, 0.05) is 19.8 Å². The average molecular weight is 496 g/mol. The Morgan fingerprint density at radius 3 is 2.09 bits per heavy atom. The number of benzene rings is 2. The molecule has 186 valence electrons. The van der Waals surface area contributed by atoms with Crippen molar-refractivity contribution >= 4 is 33.6 Å². The first-order valence-electron chi connectivity index (χ1n) is 10.0. The Morgan fingerprint density at radius 2 is 1.59 bits per heavy atom. The van der Waals surface area contributed by atoms with Crippen LogP contribution in [-0.4, -0.2) is 75.1 Å². The van der Waals surface area contributed by atoms with Crippen LogP contribution in [0.4, 0.5) is 5.69 Å². The number of sulfonamides is 1. The molecule has 0 aromatic heterocycles. The maximum Gasteiger partial charge on any atom is 0.414 e. The van der Waals surface area contributed by atoms with Gasteiger partial charge in [-0.3, -0.25) is 4.79 Å². The molecule has 0 aliphatic rings. The number of anilines is 1. The zero-order valence-electron chi connectivity index (χ0n) is 19.4. The second kappa shape index (κ2) is 13.3. The highest BCUT2D eigenvalue weighted by atomic mass is 32.2. The van der Waals surface area contributed by atoms with Crippen LogP contribution in [0.15, 0.2) is 47.4 Å². The summed E-state index contributed by atoms with van der Waals surface area (Å²) in [5, 5.41) is 20.6. The van der Waals surface area contributed by atoms with Crippen LogP contribution in [0.5, 0.6) is 5.75 Å². The van der Waals surface area contributed by atoms with Crippen LogP contribution in [0.25, 0.3) is 0 Å². The van der Waals surface area contributed by atoms with E-state index < -0.39 is 22.0 Å². The Morgan fingerprint density at radius 1 is 1.00 bits per heavy atom. The molecule has 0 saturated heterocycles. The number of carboxylic acids is 2. The number of ether oxygens (including phenoxy) is 1. The van der Waals surface area contributed by atoms with Gasteiger partial charge in [-0.15, -0.1) is 0 Å². The van der Waals surface area contributed by atoms with Crippen LogP contribution in [0.3, 0.4) is 0 Å². The molecule has 0 bridgehead atoms. The van der Waals surface area contributed by atoms with Gasteiger partial charge in [0.25, 0.3) is 0 Å². The standard InChI is InChI=1S/C20H27N3O4S.C2H2O4/c1-15-5-8-17(13-19(15)28(25,26)23(2)3)22-20(24)14-21-12-11-16-6-9-18(27-4)10-7-16;3-1(4)2(5)6/h5-10,13,21H,11-12,14H2,1-4H3,(H,22,24);(H,3,4)(H,5,6). The normalized spacial score (nSPS) is 10.7. The van der Waals surface area contributed by atoms with Crippen LogP contribution in [-0.2, 0) is 30.8 Å². The SMILES string of the molecule is COc1ccc(CCNCC(=O)Nc2ccc(C)c(S(=O)(=O)N(C)C)c2)cc1.O=C(O)C(=O)O. The summed E-state index contributed by atoms with van der Waals surface area (Å²) in [6.45, 7) is 2.51. The van der Waals surface area contributed by atoms with Crippen molar-refractivity contribution in [3.63, 3.8) is 0 Å². The number of nitrogens with one attached hydrogen (secondary N) is 2. The van der Waals surface area contributed by atoms with Crippen LogP contribution < -0.4 is 15.4 Å². The smallest absolute Gasteiger partial charge is 0.414 e. The molecule has 12 heteroatoms. The maximum absolute atomic E-state index is 12.4. The molecule has 0 aliphatic heterocycles. The van der Waals surface area contributed by atoms with Crippen molar-refractivity contribution in [1.29, 1.82) is 0 Å². The molecule has 4 N–H and O–H groups in total. The number of aliphatic carboxylic acids is 2. The van der Waals surface area contributed by atoms with E-state index in [1.54, 1.807) is 26.2 Å². The van der Waals surface area contributed by atoms with Gasteiger partial charge in [-0.25, -0.2) is 22.3 Å². The number of amides is 1. The predicted molar refractivity (Wildman–Crippen MR) is 126 cm³/mol. The molecule has 0 radical (unpaired) electrons. The molecule has 11 nitrogen and oxygen atoms in total. The third kappa shape index (κ3) is 9.17. The molecule has 0 atom stereocenters. The van der Waals surface area contributed by atoms with Gasteiger partial charge < -0.3 is 25.6 Å². The summed E-state index contributed by atoms with van der Waals surface area (Å²) in [4.78, 5) is 30.5. The first-order chi connectivity index (χ1) is 15.9. The Kier molecular flexibility index (Phi) is 11.2. The molecule has 0 unspecified atom stereocenters. The first kappa shape index (κ1) is 28.6. The summed E-state index contributed by atoms with van der Waals surface area (Å²) >= 11 is 0. The second-order valence-electron chi connectivity index (χ2n) is 7.20. The number of nitrogens with zero attached hydrogens (tertiary/aromatic N) is 1. The van der Waals surface area contributed by atoms with Crippen molar-refractivity contribution in [1.82, 2.24) is 9.62 Å². The van der Waals surface area contributed by atoms with E-state index in [9.17, 15) is 13.2 Å². The second-order valence-corrected chi connectivity index (χ2v) is 9.32. The predicted octanol–water partition coefficient (Wildman–Crippen LogP) is 1.18. The summed E-state index contributed by atoms with van der Waals surface area (Å²) < 4.78 is 31.0. The zero-order chi connectivity index (χ0) is 25.9. The quantitative estimate of drug-likeness (QED) is 0.295. The molecule has 1 amide bonds. The number of carboxylic acid groups (broad SMARTS) is 2. The number of hydrogen-bond donors (Lipinski definition) is 4. The van der Waals surface area contributed by atoms with Gasteiger partial charge in [0.05, 0.1) is 18.6 Å². The van der Waals surface area contributed by atoms with E-state index in [4.69, 9.17) is 24.5 Å². The fraction of sp³-hybridized carbons (Fsp3) is 0.318. The van der Waals surface area contributed by atoms with Crippen molar-refractivity contribution in [3.05, 3.63) is 53.6 Å². The Hall–Kier alpha value is -3.48. The third-order valence-corrected chi connectivity index (χ3v) is 6.41. The van der Waals surface area contributed by atoms with E-state index in [-0.39, 0.29) is 17.3 Å². The van der Waals surface area contributed by atoms with Gasteiger partial charge >= 0.3 is 11.9 Å². The fourth-order valence-corrected chi connectivity index (χ4v) is 3.73. The van der Waals surface area contributed by atoms with Crippen LogP contribution in [0, 0.1) is 6.92 Å². The van der Waals surface area contributed by atoms with Gasteiger partial charge in [-0.1, -0.05) is 18.2 Å². The van der Waals surface area contributed by atoms with E-state index in [1.165, 1.54) is 20.2 Å². The number of methoxy groups -OCH3 is 1. The first-order valence-corrected chi connectivity index (χ1v) is 11.5. The molecular formula is C22H29N3O8S. The third-order valence-electron chi connectivity index (χ3n) is 4.45. The lowest BCUT2D eigenvalue weighted by molar-refractivity contribution is -0.159. The Balaban J connectivity index is 0.000000852. The minimum Gasteiger partial charge on any atom is -0.497 e. The molecular weight excluding hydrogens is 466 g/mol. The van der Waals surface area contributed by atoms with Crippen molar-refractivity contribution in [2.75, 3.05) is 39.6 Å². The average Bonchev–Trinajstić information content (AvgIpc) is 2.78. The summed E-state index contributed by atoms with van der Waals surface area (Å²) in [5.74, 6) is -3.07. The van der Waals surface area contributed by atoms with Gasteiger partial charge in [-0.05, 0) is 55.3 Å². The molecule has 0 saturated carbocycles. The highest BCUT2D eigenvalue weighted by molar-refractivity contribution is 7.89. The van der Waals surface area contributed by atoms with E-state index in [2.05, 4.69) is 10.6 Å². The minimum atomic E-state index is -3.57. The van der Waals surface area contributed by atoms with Gasteiger partial charge in [0.2, 0.25) is 15.9 Å². The summed E-state index contributed by atoms with van der Waals surface area (Å²) in [7, 11) is 1.02. The Bertz CT molecular complexity index is 1090. The molecule has 0 fully saturated rings. The fourth-order valence-electron chi connectivity index (χ4n) is 2.58. The minimum absolute atomic E-state index is 0.139. The van der Waals surface area contributed by atoms with E-state index in [1.807, 2.05) is 24.3 Å². The molecule has 34 heavy (non-hydrogen) atoms. The molecule has 2 rings (SSSR count). The number of carbonyl (C=O) groups excluding carboxylic acids is 1. The van der Waals surface area contributed by atoms with Crippen molar-refractivity contribution < 1.29 is 37.8 Å². The van der Waals surface area contributed by atoms with Gasteiger partial charge in [0.1, 0.15) is 5.75 Å². The molecule has 2 aromatic rings.